The minimum absolute atomic E-state index is 0.200. The Morgan fingerprint density at radius 1 is 1.40 bits per heavy atom. The monoisotopic (exact) mass is 282 g/mol. The molecule has 2 amide bonds. The van der Waals surface area contributed by atoms with E-state index in [1.165, 1.54) is 6.07 Å². The largest absolute Gasteiger partial charge is 0.465 e. The molecular formula is C14H19FN2O3. The second-order valence-electron chi connectivity index (χ2n) is 4.36. The van der Waals surface area contributed by atoms with E-state index >= 15 is 0 Å². The molecule has 0 saturated heterocycles. The van der Waals surface area contributed by atoms with Crippen LogP contribution in [0, 0.1) is 12.7 Å². The molecule has 1 aromatic rings. The molecular weight excluding hydrogens is 263 g/mol. The predicted octanol–water partition coefficient (Wildman–Crippen LogP) is 2.06. The van der Waals surface area contributed by atoms with Crippen LogP contribution in [0.3, 0.4) is 0 Å². The van der Waals surface area contributed by atoms with Crippen LogP contribution < -0.4 is 10.6 Å². The van der Waals surface area contributed by atoms with Gasteiger partial charge >= 0.3 is 12.0 Å². The molecule has 2 N–H and O–H groups in total. The summed E-state index contributed by atoms with van der Waals surface area (Å²) in [5.41, 5.74) is 1.20. The Hall–Kier alpha value is -2.11. The van der Waals surface area contributed by atoms with Gasteiger partial charge < -0.3 is 15.4 Å². The van der Waals surface area contributed by atoms with E-state index in [9.17, 15) is 14.0 Å². The number of ether oxygens (including phenoxy) is 1. The fourth-order valence-electron chi connectivity index (χ4n) is 1.57. The van der Waals surface area contributed by atoms with Gasteiger partial charge in [-0.05, 0) is 38.0 Å². The van der Waals surface area contributed by atoms with Crippen molar-refractivity contribution in [2.45, 2.75) is 26.8 Å². The van der Waals surface area contributed by atoms with E-state index in [1.54, 1.807) is 32.9 Å². The van der Waals surface area contributed by atoms with E-state index in [1.807, 2.05) is 0 Å². The van der Waals surface area contributed by atoms with Crippen molar-refractivity contribution in [2.24, 2.45) is 0 Å². The van der Waals surface area contributed by atoms with E-state index in [4.69, 9.17) is 0 Å². The normalized spacial score (nSPS) is 11.6. The number of benzene rings is 1. The summed E-state index contributed by atoms with van der Waals surface area (Å²) in [4.78, 5) is 22.6. The first kappa shape index (κ1) is 15.9. The van der Waals surface area contributed by atoms with Crippen LogP contribution in [0.1, 0.15) is 31.0 Å². The molecule has 0 saturated carbocycles. The fraction of sp³-hybridized carbons (Fsp3) is 0.429. The van der Waals surface area contributed by atoms with Crippen molar-refractivity contribution >= 4 is 12.0 Å². The minimum Gasteiger partial charge on any atom is -0.465 e. The molecule has 0 bridgehead atoms. The first-order chi connectivity index (χ1) is 9.43. The summed E-state index contributed by atoms with van der Waals surface area (Å²) in [5, 5.41) is 4.99. The average Bonchev–Trinajstić information content (AvgIpc) is 2.40. The van der Waals surface area contributed by atoms with Gasteiger partial charge in [-0.1, -0.05) is 12.1 Å². The van der Waals surface area contributed by atoms with Crippen LogP contribution in [0.4, 0.5) is 9.18 Å². The Balaban J connectivity index is 2.48. The molecule has 1 unspecified atom stereocenters. The maximum atomic E-state index is 13.4. The summed E-state index contributed by atoms with van der Waals surface area (Å²) in [6.07, 6.45) is 0. The van der Waals surface area contributed by atoms with Crippen LogP contribution in [-0.2, 0) is 9.53 Å². The zero-order valence-corrected chi connectivity index (χ0v) is 11.8. The number of urea groups is 1. The Kier molecular flexibility index (Phi) is 5.96. The quantitative estimate of drug-likeness (QED) is 0.812. The van der Waals surface area contributed by atoms with Gasteiger partial charge in [-0.2, -0.15) is 0 Å². The van der Waals surface area contributed by atoms with Crippen LogP contribution in [0.2, 0.25) is 0 Å². The molecule has 20 heavy (non-hydrogen) atoms. The molecule has 0 aliphatic heterocycles. The summed E-state index contributed by atoms with van der Waals surface area (Å²) in [6.45, 7) is 5.15. The van der Waals surface area contributed by atoms with Crippen LogP contribution >= 0.6 is 0 Å². The molecule has 1 atom stereocenters. The Morgan fingerprint density at radius 2 is 2.10 bits per heavy atom. The first-order valence-corrected chi connectivity index (χ1v) is 6.40. The lowest BCUT2D eigenvalue weighted by Crippen LogP contribution is -2.40. The van der Waals surface area contributed by atoms with Crippen LogP contribution in [0.15, 0.2) is 18.2 Å². The van der Waals surface area contributed by atoms with Gasteiger partial charge in [0, 0.05) is 0 Å². The molecule has 110 valence electrons. The highest BCUT2D eigenvalue weighted by Gasteiger charge is 2.12. The van der Waals surface area contributed by atoms with Crippen LogP contribution in [0.5, 0.6) is 0 Å². The summed E-state index contributed by atoms with van der Waals surface area (Å²) in [6, 6.07) is 3.90. The highest BCUT2D eigenvalue weighted by atomic mass is 19.1. The van der Waals surface area contributed by atoms with Gasteiger partial charge in [0.2, 0.25) is 0 Å². The Bertz CT molecular complexity index is 491. The molecule has 0 spiro atoms. The second kappa shape index (κ2) is 7.47. The topological polar surface area (TPSA) is 67.4 Å². The van der Waals surface area contributed by atoms with E-state index in [0.717, 1.165) is 0 Å². The highest BCUT2D eigenvalue weighted by molar-refractivity contribution is 5.80. The lowest BCUT2D eigenvalue weighted by molar-refractivity contribution is -0.141. The van der Waals surface area contributed by atoms with Crippen molar-refractivity contribution in [2.75, 3.05) is 13.2 Å². The number of rotatable bonds is 5. The van der Waals surface area contributed by atoms with Crippen molar-refractivity contribution in [3.05, 3.63) is 35.1 Å². The Labute approximate surface area is 117 Å². The molecule has 0 aliphatic carbocycles. The number of hydrogen-bond donors (Lipinski definition) is 2. The maximum absolute atomic E-state index is 13.4. The summed E-state index contributed by atoms with van der Waals surface area (Å²) >= 11 is 0. The van der Waals surface area contributed by atoms with E-state index < -0.39 is 12.0 Å². The number of carbonyl (C=O) groups excluding carboxylic acids is 2. The number of carbonyl (C=O) groups is 2. The predicted molar refractivity (Wildman–Crippen MR) is 72.7 cm³/mol. The third kappa shape index (κ3) is 4.87. The zero-order chi connectivity index (χ0) is 15.1. The molecule has 0 radical (unpaired) electrons. The van der Waals surface area contributed by atoms with Gasteiger partial charge in [-0.15, -0.1) is 0 Å². The third-order valence-electron chi connectivity index (χ3n) is 2.74. The van der Waals surface area contributed by atoms with Crippen molar-refractivity contribution in [1.82, 2.24) is 10.6 Å². The first-order valence-electron chi connectivity index (χ1n) is 6.40. The van der Waals surface area contributed by atoms with Gasteiger partial charge in [-0.3, -0.25) is 4.79 Å². The van der Waals surface area contributed by atoms with Gasteiger partial charge in [0.05, 0.1) is 12.6 Å². The molecule has 6 heteroatoms. The van der Waals surface area contributed by atoms with Crippen LogP contribution in [0.25, 0.3) is 0 Å². The van der Waals surface area contributed by atoms with Gasteiger partial charge in [0.25, 0.3) is 0 Å². The molecule has 0 aromatic heterocycles. The molecule has 1 rings (SSSR count). The van der Waals surface area contributed by atoms with Crippen molar-refractivity contribution in [1.29, 1.82) is 0 Å². The molecule has 5 nitrogen and oxygen atoms in total. The van der Waals surface area contributed by atoms with E-state index in [-0.39, 0.29) is 25.0 Å². The number of halogens is 1. The third-order valence-corrected chi connectivity index (χ3v) is 2.74. The van der Waals surface area contributed by atoms with Gasteiger partial charge in [0.15, 0.2) is 0 Å². The average molecular weight is 282 g/mol. The number of aryl methyl sites for hydroxylation is 1. The molecule has 1 aromatic carbocycles. The standard InChI is InChI=1S/C14H19FN2O3/c1-4-20-13(18)8-16-14(19)17-10(3)11-6-5-9(2)12(15)7-11/h5-7,10H,4,8H2,1-3H3,(H2,16,17,19). The van der Waals surface area contributed by atoms with Gasteiger partial charge in [0.1, 0.15) is 12.4 Å². The summed E-state index contributed by atoms with van der Waals surface area (Å²) in [5.74, 6) is -0.820. The summed E-state index contributed by atoms with van der Waals surface area (Å²) in [7, 11) is 0. The number of nitrogens with one attached hydrogen (secondary N) is 2. The van der Waals surface area contributed by atoms with Crippen molar-refractivity contribution in [3.63, 3.8) is 0 Å². The number of amides is 2. The Morgan fingerprint density at radius 3 is 2.70 bits per heavy atom. The molecule has 0 fully saturated rings. The lowest BCUT2D eigenvalue weighted by atomic mass is 10.1. The van der Waals surface area contributed by atoms with Crippen molar-refractivity contribution < 1.29 is 18.7 Å². The van der Waals surface area contributed by atoms with Gasteiger partial charge in [-0.25, -0.2) is 9.18 Å². The summed E-state index contributed by atoms with van der Waals surface area (Å²) < 4.78 is 18.1. The maximum Gasteiger partial charge on any atom is 0.325 e. The second-order valence-corrected chi connectivity index (χ2v) is 4.36. The number of hydrogen-bond acceptors (Lipinski definition) is 3. The minimum atomic E-state index is -0.508. The van der Waals surface area contributed by atoms with Crippen molar-refractivity contribution in [3.8, 4) is 0 Å². The van der Waals surface area contributed by atoms with Crippen LogP contribution in [-0.4, -0.2) is 25.2 Å². The lowest BCUT2D eigenvalue weighted by Gasteiger charge is -2.15. The smallest absolute Gasteiger partial charge is 0.325 e. The molecule has 0 aliphatic rings. The van der Waals surface area contributed by atoms with E-state index in [2.05, 4.69) is 15.4 Å². The highest BCUT2D eigenvalue weighted by Crippen LogP contribution is 2.15. The zero-order valence-electron chi connectivity index (χ0n) is 11.8. The van der Waals surface area contributed by atoms with E-state index in [0.29, 0.717) is 11.1 Å². The molecule has 0 heterocycles. The SMILES string of the molecule is CCOC(=O)CNC(=O)NC(C)c1ccc(C)c(F)c1. The fourth-order valence-corrected chi connectivity index (χ4v) is 1.57. The number of esters is 1.